The molecule has 1 unspecified atom stereocenters. The number of sulfone groups is 1. The molecule has 0 spiro atoms. The average molecular weight is 297 g/mol. The lowest BCUT2D eigenvalue weighted by atomic mass is 10.1. The summed E-state index contributed by atoms with van der Waals surface area (Å²) >= 11 is 0. The van der Waals surface area contributed by atoms with Crippen LogP contribution in [0.15, 0.2) is 24.3 Å². The van der Waals surface area contributed by atoms with Crippen LogP contribution in [-0.4, -0.2) is 44.9 Å². The van der Waals surface area contributed by atoms with Crippen molar-refractivity contribution in [3.8, 4) is 5.75 Å². The Balaban J connectivity index is 2.05. The molecule has 20 heavy (non-hydrogen) atoms. The second-order valence-electron chi connectivity index (χ2n) is 5.11. The van der Waals surface area contributed by atoms with Crippen LogP contribution in [-0.2, 0) is 21.2 Å². The molecule has 1 fully saturated rings. The number of benzene rings is 1. The molecule has 110 valence electrons. The van der Waals surface area contributed by atoms with Gasteiger partial charge in [0.1, 0.15) is 5.75 Å². The van der Waals surface area contributed by atoms with Crippen LogP contribution in [0.3, 0.4) is 0 Å². The molecule has 1 atom stereocenters. The lowest BCUT2D eigenvalue weighted by Gasteiger charge is -2.21. The zero-order chi connectivity index (χ0) is 14.8. The van der Waals surface area contributed by atoms with Crippen molar-refractivity contribution >= 4 is 15.7 Å². The third-order valence-corrected chi connectivity index (χ3v) is 5.33. The quantitative estimate of drug-likeness (QED) is 0.834. The highest BCUT2D eigenvalue weighted by Crippen LogP contribution is 2.23. The Morgan fingerprint density at radius 1 is 1.40 bits per heavy atom. The fourth-order valence-corrected chi connectivity index (χ4v) is 4.20. The molecule has 1 saturated heterocycles. The van der Waals surface area contributed by atoms with Gasteiger partial charge in [-0.3, -0.25) is 4.79 Å². The van der Waals surface area contributed by atoms with Crippen LogP contribution in [0.1, 0.15) is 12.0 Å². The van der Waals surface area contributed by atoms with Gasteiger partial charge in [-0.1, -0.05) is 18.2 Å². The van der Waals surface area contributed by atoms with Gasteiger partial charge >= 0.3 is 0 Å². The number of hydrogen-bond donors (Lipinski definition) is 0. The fourth-order valence-electron chi connectivity index (χ4n) is 2.47. The smallest absolute Gasteiger partial charge is 0.226 e. The second-order valence-corrected chi connectivity index (χ2v) is 7.33. The number of para-hydroxylation sites is 1. The minimum absolute atomic E-state index is 0.0257. The zero-order valence-corrected chi connectivity index (χ0v) is 12.5. The summed E-state index contributed by atoms with van der Waals surface area (Å²) in [4.78, 5) is 13.8. The molecule has 2 rings (SSSR count). The number of nitrogens with zero attached hydrogens (tertiary/aromatic N) is 1. The van der Waals surface area contributed by atoms with Crippen LogP contribution < -0.4 is 4.74 Å². The maximum Gasteiger partial charge on any atom is 0.226 e. The number of rotatable bonds is 4. The standard InChI is InChI=1S/C14H19NO4S/c1-15(9-11-5-3-4-6-13(11)19-2)14(16)12-7-8-20(17,18)10-12/h3-6,12H,7-10H2,1-2H3. The third kappa shape index (κ3) is 3.30. The van der Waals surface area contributed by atoms with Crippen LogP contribution >= 0.6 is 0 Å². The summed E-state index contributed by atoms with van der Waals surface area (Å²) in [5, 5.41) is 0. The van der Waals surface area contributed by atoms with E-state index in [0.29, 0.717) is 13.0 Å². The van der Waals surface area contributed by atoms with E-state index in [4.69, 9.17) is 4.74 Å². The Morgan fingerprint density at radius 2 is 2.10 bits per heavy atom. The molecule has 0 saturated carbocycles. The van der Waals surface area contributed by atoms with E-state index < -0.39 is 15.8 Å². The number of hydrogen-bond acceptors (Lipinski definition) is 4. The van der Waals surface area contributed by atoms with Crippen molar-refractivity contribution in [1.29, 1.82) is 0 Å². The highest BCUT2D eigenvalue weighted by atomic mass is 32.2. The van der Waals surface area contributed by atoms with Gasteiger partial charge in [0.2, 0.25) is 5.91 Å². The highest BCUT2D eigenvalue weighted by Gasteiger charge is 2.34. The molecular formula is C14H19NO4S. The van der Waals surface area contributed by atoms with Gasteiger partial charge in [0, 0.05) is 19.2 Å². The van der Waals surface area contributed by atoms with E-state index in [1.807, 2.05) is 24.3 Å². The van der Waals surface area contributed by atoms with Crippen LogP contribution in [0.25, 0.3) is 0 Å². The fraction of sp³-hybridized carbons (Fsp3) is 0.500. The van der Waals surface area contributed by atoms with Crippen molar-refractivity contribution in [3.05, 3.63) is 29.8 Å². The summed E-state index contributed by atoms with van der Waals surface area (Å²) in [6.45, 7) is 0.416. The summed E-state index contributed by atoms with van der Waals surface area (Å²) in [5.74, 6) is 0.302. The molecular weight excluding hydrogens is 278 g/mol. The largest absolute Gasteiger partial charge is 0.496 e. The van der Waals surface area contributed by atoms with Crippen molar-refractivity contribution in [2.45, 2.75) is 13.0 Å². The number of methoxy groups -OCH3 is 1. The highest BCUT2D eigenvalue weighted by molar-refractivity contribution is 7.91. The number of amides is 1. The van der Waals surface area contributed by atoms with Gasteiger partial charge in [0.05, 0.1) is 24.5 Å². The molecule has 0 aliphatic carbocycles. The number of ether oxygens (including phenoxy) is 1. The van der Waals surface area contributed by atoms with Crippen LogP contribution in [0.5, 0.6) is 5.75 Å². The van der Waals surface area contributed by atoms with Crippen LogP contribution in [0, 0.1) is 5.92 Å². The first kappa shape index (κ1) is 14.8. The molecule has 1 amide bonds. The topological polar surface area (TPSA) is 63.7 Å². The van der Waals surface area contributed by atoms with Gasteiger partial charge in [-0.2, -0.15) is 0 Å². The first-order chi connectivity index (χ1) is 9.43. The molecule has 1 heterocycles. The number of carbonyl (C=O) groups excluding carboxylic acids is 1. The molecule has 6 heteroatoms. The van der Waals surface area contributed by atoms with Gasteiger partial charge in [-0.25, -0.2) is 8.42 Å². The molecule has 0 bridgehead atoms. The van der Waals surface area contributed by atoms with E-state index in [1.54, 1.807) is 19.1 Å². The summed E-state index contributed by atoms with van der Waals surface area (Å²) < 4.78 is 28.1. The molecule has 0 radical (unpaired) electrons. The lowest BCUT2D eigenvalue weighted by molar-refractivity contribution is -0.133. The lowest BCUT2D eigenvalue weighted by Crippen LogP contribution is -2.33. The Bertz CT molecular complexity index is 597. The van der Waals surface area contributed by atoms with E-state index in [9.17, 15) is 13.2 Å². The maximum atomic E-state index is 12.3. The van der Waals surface area contributed by atoms with Crippen molar-refractivity contribution in [2.75, 3.05) is 25.7 Å². The summed E-state index contributed by atoms with van der Waals surface area (Å²) in [7, 11) is 0.250. The normalized spacial score (nSPS) is 20.6. The monoisotopic (exact) mass is 297 g/mol. The molecule has 5 nitrogen and oxygen atoms in total. The number of carbonyl (C=O) groups is 1. The minimum Gasteiger partial charge on any atom is -0.496 e. The van der Waals surface area contributed by atoms with Crippen molar-refractivity contribution in [3.63, 3.8) is 0 Å². The molecule has 0 aromatic heterocycles. The third-order valence-electron chi connectivity index (χ3n) is 3.56. The molecule has 1 aromatic rings. The van der Waals surface area contributed by atoms with E-state index in [2.05, 4.69) is 0 Å². The van der Waals surface area contributed by atoms with E-state index in [1.165, 1.54) is 0 Å². The van der Waals surface area contributed by atoms with Gasteiger partial charge in [-0.15, -0.1) is 0 Å². The summed E-state index contributed by atoms with van der Waals surface area (Å²) in [5.41, 5.74) is 0.909. The Kier molecular flexibility index (Phi) is 4.32. The first-order valence-electron chi connectivity index (χ1n) is 6.50. The van der Waals surface area contributed by atoms with Crippen molar-refractivity contribution < 1.29 is 17.9 Å². The summed E-state index contributed by atoms with van der Waals surface area (Å²) in [6, 6.07) is 7.49. The van der Waals surface area contributed by atoms with E-state index in [0.717, 1.165) is 11.3 Å². The van der Waals surface area contributed by atoms with Crippen molar-refractivity contribution in [1.82, 2.24) is 4.90 Å². The molecule has 1 aliphatic rings. The Hall–Kier alpha value is -1.56. The van der Waals surface area contributed by atoms with E-state index >= 15 is 0 Å². The predicted molar refractivity (Wildman–Crippen MR) is 76.2 cm³/mol. The first-order valence-corrected chi connectivity index (χ1v) is 8.32. The molecule has 1 aromatic carbocycles. The molecule has 1 aliphatic heterocycles. The van der Waals surface area contributed by atoms with E-state index in [-0.39, 0.29) is 17.4 Å². The van der Waals surface area contributed by atoms with Gasteiger partial charge in [0.15, 0.2) is 9.84 Å². The Morgan fingerprint density at radius 3 is 2.70 bits per heavy atom. The van der Waals surface area contributed by atoms with Gasteiger partial charge in [0.25, 0.3) is 0 Å². The van der Waals surface area contributed by atoms with Gasteiger partial charge in [-0.05, 0) is 12.5 Å². The van der Waals surface area contributed by atoms with Crippen LogP contribution in [0.4, 0.5) is 0 Å². The maximum absolute atomic E-state index is 12.3. The van der Waals surface area contributed by atoms with Crippen molar-refractivity contribution in [2.24, 2.45) is 5.92 Å². The zero-order valence-electron chi connectivity index (χ0n) is 11.7. The van der Waals surface area contributed by atoms with Gasteiger partial charge < -0.3 is 9.64 Å². The molecule has 0 N–H and O–H groups in total. The Labute approximate surface area is 119 Å². The SMILES string of the molecule is COc1ccccc1CN(C)C(=O)C1CCS(=O)(=O)C1. The second kappa shape index (κ2) is 5.83. The van der Waals surface area contributed by atoms with Crippen LogP contribution in [0.2, 0.25) is 0 Å². The predicted octanol–water partition coefficient (Wildman–Crippen LogP) is 1.09. The summed E-state index contributed by atoms with van der Waals surface area (Å²) in [6.07, 6.45) is 0.428. The average Bonchev–Trinajstić information content (AvgIpc) is 2.78. The minimum atomic E-state index is -3.03.